The first-order chi connectivity index (χ1) is 10.3. The molecule has 1 aliphatic rings. The third kappa shape index (κ3) is 3.69. The molecule has 0 bridgehead atoms. The molecule has 2 aromatic heterocycles. The number of aromatic nitrogens is 3. The number of hydrogen-bond donors (Lipinski definition) is 1. The Labute approximate surface area is 129 Å². The van der Waals surface area contributed by atoms with Crippen LogP contribution in [0.2, 0.25) is 0 Å². The van der Waals surface area contributed by atoms with E-state index >= 15 is 0 Å². The maximum absolute atomic E-state index is 4.73. The number of rotatable bonds is 7. The molecule has 6 heteroatoms. The van der Waals surface area contributed by atoms with Crippen LogP contribution in [-0.4, -0.2) is 28.5 Å². The minimum absolute atomic E-state index is 0.555. The zero-order valence-electron chi connectivity index (χ0n) is 12.5. The van der Waals surface area contributed by atoms with E-state index in [1.54, 1.807) is 11.3 Å². The third-order valence-electron chi connectivity index (χ3n) is 3.50. The molecule has 112 valence electrons. The molecule has 5 nitrogen and oxygen atoms in total. The summed E-state index contributed by atoms with van der Waals surface area (Å²) in [6, 6.07) is 2.04. The van der Waals surface area contributed by atoms with E-state index in [2.05, 4.69) is 39.5 Å². The fourth-order valence-corrected chi connectivity index (χ4v) is 2.71. The van der Waals surface area contributed by atoms with Crippen LogP contribution in [0.4, 0.5) is 11.6 Å². The summed E-state index contributed by atoms with van der Waals surface area (Å²) in [4.78, 5) is 15.9. The third-order valence-corrected chi connectivity index (χ3v) is 4.14. The molecular formula is C15H21N5S. The summed E-state index contributed by atoms with van der Waals surface area (Å²) in [6.45, 7) is 3.87. The van der Waals surface area contributed by atoms with Gasteiger partial charge in [-0.25, -0.2) is 15.0 Å². The molecule has 0 amide bonds. The summed E-state index contributed by atoms with van der Waals surface area (Å²) >= 11 is 1.63. The van der Waals surface area contributed by atoms with Crippen molar-refractivity contribution in [1.29, 1.82) is 0 Å². The molecule has 0 unspecified atom stereocenters. The predicted molar refractivity (Wildman–Crippen MR) is 87.0 cm³/mol. The summed E-state index contributed by atoms with van der Waals surface area (Å²) in [5.41, 5.74) is 2.95. The number of nitrogens with one attached hydrogen (secondary N) is 1. The highest BCUT2D eigenvalue weighted by molar-refractivity contribution is 7.07. The van der Waals surface area contributed by atoms with Gasteiger partial charge in [-0.1, -0.05) is 6.92 Å². The highest BCUT2D eigenvalue weighted by atomic mass is 32.1. The van der Waals surface area contributed by atoms with Crippen molar-refractivity contribution in [3.05, 3.63) is 28.5 Å². The molecule has 2 aromatic rings. The van der Waals surface area contributed by atoms with E-state index in [1.807, 2.05) is 11.6 Å². The van der Waals surface area contributed by atoms with Crippen molar-refractivity contribution in [2.45, 2.75) is 38.6 Å². The van der Waals surface area contributed by atoms with E-state index in [1.165, 1.54) is 12.8 Å². The molecule has 0 radical (unpaired) electrons. The highest BCUT2D eigenvalue weighted by Crippen LogP contribution is 2.39. The molecule has 1 fully saturated rings. The molecule has 0 saturated heterocycles. The number of hydrogen-bond acceptors (Lipinski definition) is 6. The fraction of sp³-hybridized carbons (Fsp3) is 0.533. The summed E-state index contributed by atoms with van der Waals surface area (Å²) < 4.78 is 0. The molecular weight excluding hydrogens is 282 g/mol. The molecule has 1 aliphatic carbocycles. The quantitative estimate of drug-likeness (QED) is 0.851. The Morgan fingerprint density at radius 3 is 2.90 bits per heavy atom. The van der Waals surface area contributed by atoms with Gasteiger partial charge >= 0.3 is 0 Å². The van der Waals surface area contributed by atoms with Crippen LogP contribution in [0.15, 0.2) is 17.0 Å². The maximum Gasteiger partial charge on any atom is 0.136 e. The number of anilines is 2. The van der Waals surface area contributed by atoms with Gasteiger partial charge in [-0.15, -0.1) is 11.3 Å². The Morgan fingerprint density at radius 2 is 2.24 bits per heavy atom. The smallest absolute Gasteiger partial charge is 0.136 e. The van der Waals surface area contributed by atoms with Crippen LogP contribution in [0.5, 0.6) is 0 Å². The molecule has 0 aliphatic heterocycles. The average molecular weight is 303 g/mol. The lowest BCUT2D eigenvalue weighted by Crippen LogP contribution is -2.19. The van der Waals surface area contributed by atoms with Crippen LogP contribution < -0.4 is 10.2 Å². The van der Waals surface area contributed by atoms with Crippen LogP contribution in [-0.2, 0) is 6.54 Å². The van der Waals surface area contributed by atoms with E-state index in [9.17, 15) is 0 Å². The second kappa shape index (κ2) is 6.39. The number of thiazole rings is 1. The van der Waals surface area contributed by atoms with Crippen molar-refractivity contribution < 1.29 is 0 Å². The Morgan fingerprint density at radius 1 is 1.38 bits per heavy atom. The summed E-state index contributed by atoms with van der Waals surface area (Å²) in [5.74, 6) is 3.45. The van der Waals surface area contributed by atoms with Gasteiger partial charge in [0.2, 0.25) is 0 Å². The Kier molecular flexibility index (Phi) is 4.34. The van der Waals surface area contributed by atoms with Crippen molar-refractivity contribution in [2.24, 2.45) is 0 Å². The minimum Gasteiger partial charge on any atom is -0.370 e. The van der Waals surface area contributed by atoms with Gasteiger partial charge in [0.25, 0.3) is 0 Å². The Hall–Kier alpha value is -1.69. The zero-order chi connectivity index (χ0) is 14.7. The minimum atomic E-state index is 0.555. The topological polar surface area (TPSA) is 53.9 Å². The lowest BCUT2D eigenvalue weighted by molar-refractivity contribution is 0.838. The van der Waals surface area contributed by atoms with Gasteiger partial charge in [-0.3, -0.25) is 0 Å². The Balaban J connectivity index is 1.80. The van der Waals surface area contributed by atoms with Crippen LogP contribution in [0.3, 0.4) is 0 Å². The van der Waals surface area contributed by atoms with E-state index in [0.717, 1.165) is 42.7 Å². The largest absolute Gasteiger partial charge is 0.370 e. The predicted octanol–water partition coefficient (Wildman–Crippen LogP) is 3.27. The SMILES string of the molecule is CCCNc1cc(N(C)Cc2cscn2)nc(C2CC2)n1. The average Bonchev–Trinajstić information content (AvgIpc) is 3.23. The molecule has 1 N–H and O–H groups in total. The summed E-state index contributed by atoms with van der Waals surface area (Å²) in [6.07, 6.45) is 3.52. The van der Waals surface area contributed by atoms with Crippen molar-refractivity contribution in [2.75, 3.05) is 23.8 Å². The maximum atomic E-state index is 4.73. The molecule has 21 heavy (non-hydrogen) atoms. The molecule has 0 atom stereocenters. The van der Waals surface area contributed by atoms with E-state index < -0.39 is 0 Å². The van der Waals surface area contributed by atoms with Crippen LogP contribution >= 0.6 is 11.3 Å². The van der Waals surface area contributed by atoms with Gasteiger partial charge in [0.05, 0.1) is 17.7 Å². The zero-order valence-corrected chi connectivity index (χ0v) is 13.4. The van der Waals surface area contributed by atoms with Gasteiger partial charge in [0.1, 0.15) is 17.5 Å². The van der Waals surface area contributed by atoms with Gasteiger partial charge in [0.15, 0.2) is 0 Å². The normalized spacial score (nSPS) is 14.2. The van der Waals surface area contributed by atoms with Crippen molar-refractivity contribution >= 4 is 23.0 Å². The van der Waals surface area contributed by atoms with E-state index in [-0.39, 0.29) is 0 Å². The van der Waals surface area contributed by atoms with Gasteiger partial charge in [0, 0.05) is 31.0 Å². The summed E-state index contributed by atoms with van der Waals surface area (Å²) in [5, 5.41) is 5.46. The monoisotopic (exact) mass is 303 g/mol. The second-order valence-electron chi connectivity index (χ2n) is 5.51. The first-order valence-electron chi connectivity index (χ1n) is 7.47. The second-order valence-corrected chi connectivity index (χ2v) is 6.23. The molecule has 0 aromatic carbocycles. The van der Waals surface area contributed by atoms with Crippen molar-refractivity contribution in [1.82, 2.24) is 15.0 Å². The van der Waals surface area contributed by atoms with Crippen LogP contribution in [0, 0.1) is 0 Å². The van der Waals surface area contributed by atoms with Crippen LogP contribution in [0.25, 0.3) is 0 Å². The first kappa shape index (κ1) is 14.3. The molecule has 3 rings (SSSR count). The molecule has 0 spiro atoms. The first-order valence-corrected chi connectivity index (χ1v) is 8.41. The number of nitrogens with zero attached hydrogens (tertiary/aromatic N) is 4. The lowest BCUT2D eigenvalue weighted by atomic mass is 10.3. The Bertz CT molecular complexity index is 580. The van der Waals surface area contributed by atoms with Gasteiger partial charge < -0.3 is 10.2 Å². The summed E-state index contributed by atoms with van der Waals surface area (Å²) in [7, 11) is 2.06. The fourth-order valence-electron chi connectivity index (χ4n) is 2.16. The van der Waals surface area contributed by atoms with E-state index in [0.29, 0.717) is 5.92 Å². The van der Waals surface area contributed by atoms with Gasteiger partial charge in [-0.05, 0) is 19.3 Å². The van der Waals surface area contributed by atoms with Crippen molar-refractivity contribution in [3.63, 3.8) is 0 Å². The molecule has 1 saturated carbocycles. The highest BCUT2D eigenvalue weighted by Gasteiger charge is 2.27. The van der Waals surface area contributed by atoms with Crippen LogP contribution in [0.1, 0.15) is 43.6 Å². The standard InChI is InChI=1S/C15H21N5S/c1-3-6-16-13-7-14(19-15(18-13)11-4-5-11)20(2)8-12-9-21-10-17-12/h7,9-11H,3-6,8H2,1-2H3,(H,16,18,19). The van der Waals surface area contributed by atoms with E-state index in [4.69, 9.17) is 4.98 Å². The van der Waals surface area contributed by atoms with Gasteiger partial charge in [-0.2, -0.15) is 0 Å². The molecule has 2 heterocycles. The lowest BCUT2D eigenvalue weighted by Gasteiger charge is -2.19. The van der Waals surface area contributed by atoms with Crippen molar-refractivity contribution in [3.8, 4) is 0 Å².